The Labute approximate surface area is 120 Å². The Kier molecular flexibility index (Phi) is 5.02. The number of carbonyl (C=O) groups is 2. The highest BCUT2D eigenvalue weighted by molar-refractivity contribution is 5.89. The molecule has 1 amide bonds. The van der Waals surface area contributed by atoms with Gasteiger partial charge in [0.05, 0.1) is 17.9 Å². The number of hydrogen-bond acceptors (Lipinski definition) is 3. The summed E-state index contributed by atoms with van der Waals surface area (Å²) in [6.07, 6.45) is 4.56. The van der Waals surface area contributed by atoms with Crippen LogP contribution in [0, 0.1) is 17.8 Å². The zero-order valence-electron chi connectivity index (χ0n) is 12.3. The Hall–Kier alpha value is -1.10. The van der Waals surface area contributed by atoms with Crippen molar-refractivity contribution in [3.05, 3.63) is 0 Å². The molecule has 4 atom stereocenters. The SMILES string of the molecule is CCC(CC)C1CC(NC(=O)C2CC2C(=O)O)CCO1. The number of rotatable bonds is 6. The van der Waals surface area contributed by atoms with Crippen molar-refractivity contribution in [2.45, 2.75) is 58.1 Å². The minimum atomic E-state index is -0.855. The molecular formula is C15H25NO4. The van der Waals surface area contributed by atoms with E-state index in [0.29, 0.717) is 18.9 Å². The van der Waals surface area contributed by atoms with E-state index in [1.54, 1.807) is 0 Å². The van der Waals surface area contributed by atoms with E-state index in [1.165, 1.54) is 0 Å². The van der Waals surface area contributed by atoms with Crippen LogP contribution in [0.15, 0.2) is 0 Å². The standard InChI is InChI=1S/C15H25NO4/c1-3-9(4-2)13-7-10(5-6-20-13)16-14(17)11-8-12(11)15(18)19/h9-13H,3-8H2,1-2H3,(H,16,17)(H,18,19). The zero-order chi connectivity index (χ0) is 14.7. The minimum absolute atomic E-state index is 0.0902. The summed E-state index contributed by atoms with van der Waals surface area (Å²) < 4.78 is 5.82. The lowest BCUT2D eigenvalue weighted by atomic mass is 9.89. The summed E-state index contributed by atoms with van der Waals surface area (Å²) in [4.78, 5) is 22.8. The molecule has 1 aliphatic carbocycles. The summed E-state index contributed by atoms with van der Waals surface area (Å²) in [7, 11) is 0. The Bertz CT molecular complexity index is 367. The third kappa shape index (κ3) is 3.51. The highest BCUT2D eigenvalue weighted by Gasteiger charge is 2.48. The molecule has 1 heterocycles. The Morgan fingerprint density at radius 2 is 1.95 bits per heavy atom. The first-order valence-electron chi connectivity index (χ1n) is 7.71. The van der Waals surface area contributed by atoms with E-state index in [-0.39, 0.29) is 24.0 Å². The average Bonchev–Trinajstić information content (AvgIpc) is 3.21. The number of carboxylic acid groups (broad SMARTS) is 1. The largest absolute Gasteiger partial charge is 0.481 e. The van der Waals surface area contributed by atoms with Crippen molar-refractivity contribution in [2.24, 2.45) is 17.8 Å². The van der Waals surface area contributed by atoms with Gasteiger partial charge in [-0.3, -0.25) is 9.59 Å². The van der Waals surface area contributed by atoms with Gasteiger partial charge in [-0.1, -0.05) is 26.7 Å². The summed E-state index contributed by atoms with van der Waals surface area (Å²) in [6, 6.07) is 0.136. The number of ether oxygens (including phenoxy) is 1. The highest BCUT2D eigenvalue weighted by atomic mass is 16.5. The zero-order valence-corrected chi connectivity index (χ0v) is 12.3. The summed E-state index contributed by atoms with van der Waals surface area (Å²) in [5.74, 6) is -1.19. The maximum absolute atomic E-state index is 12.0. The van der Waals surface area contributed by atoms with Crippen LogP contribution >= 0.6 is 0 Å². The minimum Gasteiger partial charge on any atom is -0.481 e. The van der Waals surface area contributed by atoms with Crippen LogP contribution in [0.4, 0.5) is 0 Å². The van der Waals surface area contributed by atoms with Crippen LogP contribution in [0.5, 0.6) is 0 Å². The van der Waals surface area contributed by atoms with Gasteiger partial charge in [0.25, 0.3) is 0 Å². The van der Waals surface area contributed by atoms with Crippen molar-refractivity contribution in [1.82, 2.24) is 5.32 Å². The third-order valence-corrected chi connectivity index (χ3v) is 4.68. The Balaban J connectivity index is 1.81. The van der Waals surface area contributed by atoms with Gasteiger partial charge in [0.15, 0.2) is 0 Å². The molecule has 0 aromatic heterocycles. The van der Waals surface area contributed by atoms with E-state index in [1.807, 2.05) is 0 Å². The van der Waals surface area contributed by atoms with Gasteiger partial charge in [-0.05, 0) is 25.2 Å². The number of amides is 1. The summed E-state index contributed by atoms with van der Waals surface area (Å²) in [6.45, 7) is 5.02. The molecular weight excluding hydrogens is 258 g/mol. The number of carboxylic acids is 1. The van der Waals surface area contributed by atoms with E-state index in [9.17, 15) is 9.59 Å². The van der Waals surface area contributed by atoms with E-state index in [0.717, 1.165) is 25.7 Å². The molecule has 1 saturated carbocycles. The van der Waals surface area contributed by atoms with Crippen LogP contribution in [0.3, 0.4) is 0 Å². The lowest BCUT2D eigenvalue weighted by Gasteiger charge is -2.34. The quantitative estimate of drug-likeness (QED) is 0.779. The molecule has 2 fully saturated rings. The van der Waals surface area contributed by atoms with Gasteiger partial charge < -0.3 is 15.2 Å². The molecule has 2 N–H and O–H groups in total. The molecule has 20 heavy (non-hydrogen) atoms. The predicted molar refractivity (Wildman–Crippen MR) is 74.2 cm³/mol. The molecule has 1 saturated heterocycles. The van der Waals surface area contributed by atoms with Crippen molar-refractivity contribution in [3.8, 4) is 0 Å². The van der Waals surface area contributed by atoms with Gasteiger partial charge in [0.1, 0.15) is 0 Å². The average molecular weight is 283 g/mol. The fourth-order valence-corrected chi connectivity index (χ4v) is 3.17. The van der Waals surface area contributed by atoms with E-state index < -0.39 is 11.9 Å². The normalized spacial score (nSPS) is 33.0. The van der Waals surface area contributed by atoms with Gasteiger partial charge in [-0.2, -0.15) is 0 Å². The second-order valence-corrected chi connectivity index (χ2v) is 6.00. The second kappa shape index (κ2) is 6.57. The Morgan fingerprint density at radius 1 is 1.25 bits per heavy atom. The molecule has 0 bridgehead atoms. The molecule has 0 radical (unpaired) electrons. The molecule has 5 nitrogen and oxygen atoms in total. The molecule has 5 heteroatoms. The monoisotopic (exact) mass is 283 g/mol. The first-order valence-corrected chi connectivity index (χ1v) is 7.71. The topological polar surface area (TPSA) is 75.6 Å². The van der Waals surface area contributed by atoms with Crippen LogP contribution in [0.25, 0.3) is 0 Å². The first kappa shape index (κ1) is 15.3. The van der Waals surface area contributed by atoms with Crippen molar-refractivity contribution >= 4 is 11.9 Å². The number of hydrogen-bond donors (Lipinski definition) is 2. The van der Waals surface area contributed by atoms with E-state index in [2.05, 4.69) is 19.2 Å². The lowest BCUT2D eigenvalue weighted by molar-refractivity contribution is -0.140. The van der Waals surface area contributed by atoms with Gasteiger partial charge in [0.2, 0.25) is 5.91 Å². The van der Waals surface area contributed by atoms with Crippen molar-refractivity contribution < 1.29 is 19.4 Å². The van der Waals surface area contributed by atoms with Gasteiger partial charge >= 0.3 is 5.97 Å². The lowest BCUT2D eigenvalue weighted by Crippen LogP contribution is -2.44. The van der Waals surface area contributed by atoms with Gasteiger partial charge in [0, 0.05) is 12.6 Å². The van der Waals surface area contributed by atoms with Gasteiger partial charge in [-0.25, -0.2) is 0 Å². The van der Waals surface area contributed by atoms with Crippen molar-refractivity contribution in [1.29, 1.82) is 0 Å². The highest BCUT2D eigenvalue weighted by Crippen LogP contribution is 2.39. The summed E-state index contributed by atoms with van der Waals surface area (Å²) in [5, 5.41) is 11.9. The maximum atomic E-state index is 12.0. The molecule has 0 aromatic rings. The Morgan fingerprint density at radius 3 is 2.50 bits per heavy atom. The number of aliphatic carboxylic acids is 1. The molecule has 4 unspecified atom stereocenters. The molecule has 1 aliphatic heterocycles. The van der Waals surface area contributed by atoms with Gasteiger partial charge in [-0.15, -0.1) is 0 Å². The molecule has 114 valence electrons. The number of carbonyl (C=O) groups excluding carboxylic acids is 1. The fraction of sp³-hybridized carbons (Fsp3) is 0.867. The molecule has 2 aliphatic rings. The molecule has 2 rings (SSSR count). The van der Waals surface area contributed by atoms with Crippen molar-refractivity contribution in [3.63, 3.8) is 0 Å². The first-order chi connectivity index (χ1) is 9.56. The van der Waals surface area contributed by atoms with Crippen LogP contribution in [0.1, 0.15) is 46.0 Å². The van der Waals surface area contributed by atoms with Crippen LogP contribution < -0.4 is 5.32 Å². The third-order valence-electron chi connectivity index (χ3n) is 4.68. The van der Waals surface area contributed by atoms with E-state index >= 15 is 0 Å². The fourth-order valence-electron chi connectivity index (χ4n) is 3.17. The maximum Gasteiger partial charge on any atom is 0.307 e. The smallest absolute Gasteiger partial charge is 0.307 e. The van der Waals surface area contributed by atoms with Crippen LogP contribution in [-0.2, 0) is 14.3 Å². The van der Waals surface area contributed by atoms with Crippen molar-refractivity contribution in [2.75, 3.05) is 6.61 Å². The second-order valence-electron chi connectivity index (χ2n) is 6.00. The molecule has 0 spiro atoms. The number of nitrogens with one attached hydrogen (secondary N) is 1. The summed E-state index contributed by atoms with van der Waals surface area (Å²) >= 11 is 0. The predicted octanol–water partition coefficient (Wildman–Crippen LogP) is 1.81. The van der Waals surface area contributed by atoms with E-state index in [4.69, 9.17) is 9.84 Å². The molecule has 0 aromatic carbocycles. The summed E-state index contributed by atoms with van der Waals surface area (Å²) in [5.41, 5.74) is 0. The van der Waals surface area contributed by atoms with Crippen LogP contribution in [0.2, 0.25) is 0 Å². The van der Waals surface area contributed by atoms with Crippen LogP contribution in [-0.4, -0.2) is 35.7 Å².